The van der Waals surface area contributed by atoms with Crippen LogP contribution in [0.3, 0.4) is 0 Å². The number of aromatic nitrogens is 1. The molecule has 0 bridgehead atoms. The highest BCUT2D eigenvalue weighted by Gasteiger charge is 2.08. The summed E-state index contributed by atoms with van der Waals surface area (Å²) in [6.45, 7) is 2.26. The molecule has 1 aromatic carbocycles. The van der Waals surface area contributed by atoms with Crippen LogP contribution < -0.4 is 0 Å². The van der Waals surface area contributed by atoms with Crippen LogP contribution in [0.1, 0.15) is 44.6 Å². The van der Waals surface area contributed by atoms with Gasteiger partial charge in [-0.05, 0) is 36.6 Å². The van der Waals surface area contributed by atoms with Crippen molar-refractivity contribution in [2.45, 2.75) is 45.4 Å². The molecule has 0 atom stereocenters. The first-order valence-corrected chi connectivity index (χ1v) is 7.36. The van der Waals surface area contributed by atoms with Crippen LogP contribution in [0.2, 0.25) is 0 Å². The molecule has 3 rings (SSSR count). The molecule has 0 aliphatic rings. The molecule has 0 saturated carbocycles. The highest BCUT2D eigenvalue weighted by atomic mass is 16.3. The van der Waals surface area contributed by atoms with E-state index in [2.05, 4.69) is 30.2 Å². The monoisotopic (exact) mass is 255 g/mol. The number of aryl methyl sites for hydroxylation is 1. The summed E-state index contributed by atoms with van der Waals surface area (Å²) in [5, 5.41) is 2.54. The average molecular weight is 255 g/mol. The Bertz CT molecular complexity index is 662. The highest BCUT2D eigenvalue weighted by Crippen LogP contribution is 2.28. The van der Waals surface area contributed by atoms with E-state index >= 15 is 0 Å². The van der Waals surface area contributed by atoms with Crippen LogP contribution in [0.5, 0.6) is 0 Å². The molecule has 0 spiro atoms. The summed E-state index contributed by atoms with van der Waals surface area (Å²) in [5.41, 5.74) is 3.62. The highest BCUT2D eigenvalue weighted by molar-refractivity contribution is 6.04. The number of benzene rings is 1. The van der Waals surface area contributed by atoms with Crippen LogP contribution in [0.4, 0.5) is 0 Å². The summed E-state index contributed by atoms with van der Waals surface area (Å²) in [6.07, 6.45) is 11.8. The van der Waals surface area contributed by atoms with Gasteiger partial charge in [-0.25, -0.2) is 0 Å². The van der Waals surface area contributed by atoms with Gasteiger partial charge in [-0.15, -0.1) is 0 Å². The summed E-state index contributed by atoms with van der Waals surface area (Å²) < 4.78 is 5.44. The molecule has 100 valence electrons. The zero-order chi connectivity index (χ0) is 13.1. The first kappa shape index (κ1) is 12.3. The quantitative estimate of drug-likeness (QED) is 0.585. The lowest BCUT2D eigenvalue weighted by molar-refractivity contribution is 0.616. The molecule has 0 fully saturated rings. The number of H-pyrrole nitrogens is 1. The van der Waals surface area contributed by atoms with Crippen molar-refractivity contribution in [1.29, 1.82) is 0 Å². The SMILES string of the molecule is CCCCCCCc1c[nH]c2c1ccc1occc12. The minimum Gasteiger partial charge on any atom is -0.464 e. The van der Waals surface area contributed by atoms with Crippen molar-refractivity contribution in [3.8, 4) is 0 Å². The summed E-state index contributed by atoms with van der Waals surface area (Å²) in [5.74, 6) is 0. The molecule has 0 aliphatic heterocycles. The van der Waals surface area contributed by atoms with Crippen molar-refractivity contribution < 1.29 is 4.42 Å². The van der Waals surface area contributed by atoms with Gasteiger partial charge in [-0.1, -0.05) is 32.6 Å². The Morgan fingerprint density at radius 1 is 1.00 bits per heavy atom. The second kappa shape index (κ2) is 5.52. The Morgan fingerprint density at radius 3 is 2.79 bits per heavy atom. The number of hydrogen-bond acceptors (Lipinski definition) is 1. The predicted octanol–water partition coefficient (Wildman–Crippen LogP) is 5.43. The zero-order valence-electron chi connectivity index (χ0n) is 11.5. The number of hydrogen-bond donors (Lipinski definition) is 1. The number of nitrogens with one attached hydrogen (secondary N) is 1. The molecular weight excluding hydrogens is 234 g/mol. The van der Waals surface area contributed by atoms with E-state index in [1.807, 2.05) is 6.07 Å². The van der Waals surface area contributed by atoms with Crippen LogP contribution in [-0.4, -0.2) is 4.98 Å². The van der Waals surface area contributed by atoms with E-state index in [1.54, 1.807) is 6.26 Å². The van der Waals surface area contributed by atoms with Gasteiger partial charge in [0.15, 0.2) is 0 Å². The van der Waals surface area contributed by atoms with Crippen LogP contribution in [0, 0.1) is 0 Å². The first-order chi connectivity index (χ1) is 9.40. The number of rotatable bonds is 6. The predicted molar refractivity (Wildman–Crippen MR) is 80.5 cm³/mol. The molecule has 0 amide bonds. The molecule has 0 aliphatic carbocycles. The molecule has 2 heterocycles. The van der Waals surface area contributed by atoms with Crippen molar-refractivity contribution in [3.63, 3.8) is 0 Å². The Balaban J connectivity index is 1.77. The smallest absolute Gasteiger partial charge is 0.135 e. The maximum absolute atomic E-state index is 5.44. The van der Waals surface area contributed by atoms with E-state index in [-0.39, 0.29) is 0 Å². The Labute approximate surface area is 113 Å². The lowest BCUT2D eigenvalue weighted by atomic mass is 10.0. The van der Waals surface area contributed by atoms with Gasteiger partial charge in [0.1, 0.15) is 5.58 Å². The summed E-state index contributed by atoms with van der Waals surface area (Å²) in [4.78, 5) is 3.41. The van der Waals surface area contributed by atoms with Gasteiger partial charge in [0.25, 0.3) is 0 Å². The van der Waals surface area contributed by atoms with E-state index in [4.69, 9.17) is 4.42 Å². The van der Waals surface area contributed by atoms with E-state index in [0.29, 0.717) is 0 Å². The molecule has 2 nitrogen and oxygen atoms in total. The molecule has 0 saturated heterocycles. The standard InChI is InChI=1S/C17H21NO/c1-2-3-4-5-6-7-13-12-18-17-14(13)8-9-16-15(17)10-11-19-16/h8-12,18H,2-7H2,1H3. The van der Waals surface area contributed by atoms with Gasteiger partial charge in [0.2, 0.25) is 0 Å². The molecule has 1 N–H and O–H groups in total. The lowest BCUT2D eigenvalue weighted by Gasteiger charge is -2.00. The van der Waals surface area contributed by atoms with Crippen molar-refractivity contribution in [2.24, 2.45) is 0 Å². The Kier molecular flexibility index (Phi) is 3.58. The van der Waals surface area contributed by atoms with Crippen LogP contribution in [-0.2, 0) is 6.42 Å². The van der Waals surface area contributed by atoms with Gasteiger partial charge in [0, 0.05) is 17.0 Å². The minimum atomic E-state index is 0.962. The van der Waals surface area contributed by atoms with Gasteiger partial charge in [-0.3, -0.25) is 0 Å². The molecule has 0 radical (unpaired) electrons. The summed E-state index contributed by atoms with van der Waals surface area (Å²) in [7, 11) is 0. The number of unbranched alkanes of at least 4 members (excludes halogenated alkanes) is 4. The second-order valence-corrected chi connectivity index (χ2v) is 5.30. The fraction of sp³-hybridized carbons (Fsp3) is 0.412. The van der Waals surface area contributed by atoms with E-state index in [1.165, 1.54) is 60.4 Å². The molecule has 3 aromatic rings. The molecule has 2 aromatic heterocycles. The fourth-order valence-corrected chi connectivity index (χ4v) is 2.83. The third-order valence-corrected chi connectivity index (χ3v) is 3.92. The van der Waals surface area contributed by atoms with Crippen LogP contribution in [0.15, 0.2) is 35.1 Å². The normalized spacial score (nSPS) is 11.6. The van der Waals surface area contributed by atoms with Crippen molar-refractivity contribution in [1.82, 2.24) is 4.98 Å². The fourth-order valence-electron chi connectivity index (χ4n) is 2.83. The largest absolute Gasteiger partial charge is 0.464 e. The zero-order valence-corrected chi connectivity index (χ0v) is 11.5. The topological polar surface area (TPSA) is 28.9 Å². The third kappa shape index (κ3) is 2.40. The van der Waals surface area contributed by atoms with Gasteiger partial charge in [-0.2, -0.15) is 0 Å². The van der Waals surface area contributed by atoms with Crippen molar-refractivity contribution in [2.75, 3.05) is 0 Å². The maximum atomic E-state index is 5.44. The minimum absolute atomic E-state index is 0.962. The lowest BCUT2D eigenvalue weighted by Crippen LogP contribution is -1.84. The summed E-state index contributed by atoms with van der Waals surface area (Å²) in [6, 6.07) is 6.30. The molecule has 19 heavy (non-hydrogen) atoms. The summed E-state index contributed by atoms with van der Waals surface area (Å²) >= 11 is 0. The Hall–Kier alpha value is -1.70. The average Bonchev–Trinajstić information content (AvgIpc) is 3.03. The second-order valence-electron chi connectivity index (χ2n) is 5.30. The first-order valence-electron chi connectivity index (χ1n) is 7.36. The number of aromatic amines is 1. The van der Waals surface area contributed by atoms with Gasteiger partial charge < -0.3 is 9.40 Å². The third-order valence-electron chi connectivity index (χ3n) is 3.92. The Morgan fingerprint density at radius 2 is 1.89 bits per heavy atom. The number of fused-ring (bicyclic) bond motifs is 3. The molecule has 0 unspecified atom stereocenters. The van der Waals surface area contributed by atoms with E-state index in [0.717, 1.165) is 5.58 Å². The molecule has 2 heteroatoms. The van der Waals surface area contributed by atoms with Crippen LogP contribution in [0.25, 0.3) is 21.9 Å². The van der Waals surface area contributed by atoms with Crippen molar-refractivity contribution in [3.05, 3.63) is 36.2 Å². The van der Waals surface area contributed by atoms with Gasteiger partial charge in [0.05, 0.1) is 11.8 Å². The molecular formula is C17H21NO. The number of furan rings is 1. The van der Waals surface area contributed by atoms with Gasteiger partial charge >= 0.3 is 0 Å². The van der Waals surface area contributed by atoms with Crippen molar-refractivity contribution >= 4 is 21.9 Å². The van der Waals surface area contributed by atoms with Crippen LogP contribution >= 0.6 is 0 Å². The van der Waals surface area contributed by atoms with E-state index in [9.17, 15) is 0 Å². The van der Waals surface area contributed by atoms with E-state index < -0.39 is 0 Å². The maximum Gasteiger partial charge on any atom is 0.135 e.